The lowest BCUT2D eigenvalue weighted by atomic mass is 9.87. The third-order valence-corrected chi connectivity index (χ3v) is 3.57. The second kappa shape index (κ2) is 5.26. The Morgan fingerprint density at radius 3 is 2.28 bits per heavy atom. The zero-order valence-corrected chi connectivity index (χ0v) is 11.6. The fourth-order valence-electron chi connectivity index (χ4n) is 2.75. The van der Waals surface area contributed by atoms with Crippen LogP contribution in [0.5, 0.6) is 5.75 Å². The van der Waals surface area contributed by atoms with Crippen molar-refractivity contribution in [1.29, 1.82) is 0 Å². The summed E-state index contributed by atoms with van der Waals surface area (Å²) in [4.78, 5) is 2.10. The van der Waals surface area contributed by atoms with Crippen LogP contribution in [-0.2, 0) is 6.54 Å². The van der Waals surface area contributed by atoms with Gasteiger partial charge in [-0.2, -0.15) is 0 Å². The van der Waals surface area contributed by atoms with Gasteiger partial charge in [0.25, 0.3) is 0 Å². The Kier molecular flexibility index (Phi) is 3.90. The molecule has 4 nitrogen and oxygen atoms in total. The van der Waals surface area contributed by atoms with Gasteiger partial charge in [-0.15, -0.1) is 0 Å². The van der Waals surface area contributed by atoms with Crippen LogP contribution in [0.2, 0.25) is 0 Å². The van der Waals surface area contributed by atoms with Gasteiger partial charge in [0.2, 0.25) is 0 Å². The van der Waals surface area contributed by atoms with Gasteiger partial charge in [-0.05, 0) is 39.6 Å². The van der Waals surface area contributed by atoms with Crippen LogP contribution < -0.4 is 10.9 Å². The van der Waals surface area contributed by atoms with E-state index in [0.717, 1.165) is 17.7 Å². The summed E-state index contributed by atoms with van der Waals surface area (Å²) in [6.07, 6.45) is 0. The van der Waals surface area contributed by atoms with Crippen molar-refractivity contribution in [3.8, 4) is 5.75 Å². The van der Waals surface area contributed by atoms with Crippen LogP contribution >= 0.6 is 0 Å². The number of nitrogens with zero attached hydrogens (tertiary/aromatic N) is 1. The van der Waals surface area contributed by atoms with Gasteiger partial charge in [0.05, 0.1) is 0 Å². The largest absolute Gasteiger partial charge is 0.508 e. The molecule has 2 unspecified atom stereocenters. The van der Waals surface area contributed by atoms with Gasteiger partial charge < -0.3 is 10.0 Å². The second-order valence-electron chi connectivity index (χ2n) is 5.52. The van der Waals surface area contributed by atoms with Gasteiger partial charge in [-0.1, -0.05) is 12.1 Å². The smallest absolute Gasteiger partial charge is 0.119 e. The number of hydrogen-bond donors (Lipinski definition) is 3. The predicted octanol–water partition coefficient (Wildman–Crippen LogP) is 1.42. The second-order valence-corrected chi connectivity index (χ2v) is 5.52. The highest BCUT2D eigenvalue weighted by atomic mass is 16.3. The van der Waals surface area contributed by atoms with E-state index in [9.17, 15) is 5.11 Å². The Morgan fingerprint density at radius 1 is 1.17 bits per heavy atom. The van der Waals surface area contributed by atoms with Crippen molar-refractivity contribution in [3.63, 3.8) is 0 Å². The first-order valence-electron chi connectivity index (χ1n) is 6.46. The molecule has 0 aromatic heterocycles. The van der Waals surface area contributed by atoms with Crippen LogP contribution in [0.1, 0.15) is 30.9 Å². The SMILES string of the molecule is CC1NNC(C)C1c1ccc(CN(C)C)cc1O. The summed E-state index contributed by atoms with van der Waals surface area (Å²) < 4.78 is 0. The van der Waals surface area contributed by atoms with Crippen molar-refractivity contribution < 1.29 is 5.11 Å². The van der Waals surface area contributed by atoms with Crippen LogP contribution in [0, 0.1) is 0 Å². The van der Waals surface area contributed by atoms with Gasteiger partial charge in [0, 0.05) is 30.1 Å². The molecule has 1 saturated heterocycles. The highest BCUT2D eigenvalue weighted by Gasteiger charge is 2.32. The molecule has 1 aromatic rings. The standard InChI is InChI=1S/C14H23N3O/c1-9-14(10(2)16-15-9)12-6-5-11(7-13(12)18)8-17(3)4/h5-7,9-10,14-16,18H,8H2,1-4H3. The number of rotatable bonds is 3. The molecule has 0 spiro atoms. The maximum absolute atomic E-state index is 10.2. The first kappa shape index (κ1) is 13.3. The van der Waals surface area contributed by atoms with Crippen LogP contribution in [0.15, 0.2) is 18.2 Å². The lowest BCUT2D eigenvalue weighted by Gasteiger charge is -2.20. The number of nitrogens with one attached hydrogen (secondary N) is 2. The number of hydrogen-bond acceptors (Lipinski definition) is 4. The van der Waals surface area contributed by atoms with E-state index in [2.05, 4.69) is 41.7 Å². The third kappa shape index (κ3) is 2.66. The molecule has 1 aromatic carbocycles. The molecule has 0 radical (unpaired) electrons. The molecule has 3 N–H and O–H groups in total. The van der Waals surface area contributed by atoms with Gasteiger partial charge in [-0.3, -0.25) is 10.9 Å². The zero-order valence-electron chi connectivity index (χ0n) is 11.6. The molecule has 0 saturated carbocycles. The summed E-state index contributed by atoms with van der Waals surface area (Å²) >= 11 is 0. The Hall–Kier alpha value is -1.10. The molecular weight excluding hydrogens is 226 g/mol. The Morgan fingerprint density at radius 2 is 1.78 bits per heavy atom. The van der Waals surface area contributed by atoms with Gasteiger partial charge >= 0.3 is 0 Å². The summed E-state index contributed by atoms with van der Waals surface area (Å²) in [5, 5.41) is 10.2. The van der Waals surface area contributed by atoms with E-state index >= 15 is 0 Å². The summed E-state index contributed by atoms with van der Waals surface area (Å²) in [6.45, 7) is 5.11. The quantitative estimate of drug-likeness (QED) is 0.758. The lowest BCUT2D eigenvalue weighted by molar-refractivity contribution is 0.399. The topological polar surface area (TPSA) is 47.5 Å². The number of hydrazine groups is 1. The van der Waals surface area contributed by atoms with E-state index < -0.39 is 0 Å². The van der Waals surface area contributed by atoms with Crippen LogP contribution in [0.3, 0.4) is 0 Å². The van der Waals surface area contributed by atoms with Gasteiger partial charge in [-0.25, -0.2) is 0 Å². The normalized spacial score (nSPS) is 27.9. The van der Waals surface area contributed by atoms with E-state index in [1.54, 1.807) is 0 Å². The predicted molar refractivity (Wildman–Crippen MR) is 73.4 cm³/mol. The molecule has 2 atom stereocenters. The number of phenols is 1. The molecule has 1 heterocycles. The molecule has 2 rings (SSSR count). The number of aromatic hydroxyl groups is 1. The molecule has 1 aliphatic heterocycles. The summed E-state index contributed by atoms with van der Waals surface area (Å²) in [7, 11) is 4.06. The lowest BCUT2D eigenvalue weighted by Crippen LogP contribution is -2.30. The Labute approximate surface area is 109 Å². The third-order valence-electron chi connectivity index (χ3n) is 3.57. The van der Waals surface area contributed by atoms with Crippen molar-refractivity contribution >= 4 is 0 Å². The van der Waals surface area contributed by atoms with Crippen LogP contribution in [-0.4, -0.2) is 36.2 Å². The maximum Gasteiger partial charge on any atom is 0.119 e. The molecular formula is C14H23N3O. The minimum atomic E-state index is 0.304. The molecule has 0 amide bonds. The van der Waals surface area contributed by atoms with Crippen molar-refractivity contribution in [2.75, 3.05) is 14.1 Å². The molecule has 0 bridgehead atoms. The zero-order chi connectivity index (χ0) is 13.3. The van der Waals surface area contributed by atoms with E-state index in [-0.39, 0.29) is 0 Å². The number of phenolic OH excluding ortho intramolecular Hbond substituents is 1. The van der Waals surface area contributed by atoms with E-state index in [1.165, 1.54) is 0 Å². The van der Waals surface area contributed by atoms with Crippen molar-refractivity contribution in [1.82, 2.24) is 15.8 Å². The monoisotopic (exact) mass is 249 g/mol. The molecule has 0 aliphatic carbocycles. The summed E-state index contributed by atoms with van der Waals surface area (Å²) in [5.74, 6) is 0.710. The van der Waals surface area contributed by atoms with E-state index in [0.29, 0.717) is 23.8 Å². The minimum absolute atomic E-state index is 0.304. The fraction of sp³-hybridized carbons (Fsp3) is 0.571. The van der Waals surface area contributed by atoms with E-state index in [4.69, 9.17) is 0 Å². The van der Waals surface area contributed by atoms with Crippen molar-refractivity contribution in [3.05, 3.63) is 29.3 Å². The highest BCUT2D eigenvalue weighted by molar-refractivity contribution is 5.40. The Balaban J connectivity index is 2.24. The highest BCUT2D eigenvalue weighted by Crippen LogP contribution is 2.33. The Bertz CT molecular complexity index is 410. The van der Waals surface area contributed by atoms with E-state index in [1.807, 2.05) is 20.2 Å². The summed E-state index contributed by atoms with van der Waals surface area (Å²) in [6, 6.07) is 6.69. The van der Waals surface area contributed by atoms with Crippen LogP contribution in [0.4, 0.5) is 0 Å². The molecule has 100 valence electrons. The molecule has 18 heavy (non-hydrogen) atoms. The maximum atomic E-state index is 10.2. The average Bonchev–Trinajstić information content (AvgIpc) is 2.59. The van der Waals surface area contributed by atoms with Crippen LogP contribution in [0.25, 0.3) is 0 Å². The van der Waals surface area contributed by atoms with Gasteiger partial charge in [0.15, 0.2) is 0 Å². The van der Waals surface area contributed by atoms with Gasteiger partial charge in [0.1, 0.15) is 5.75 Å². The fourth-order valence-corrected chi connectivity index (χ4v) is 2.75. The minimum Gasteiger partial charge on any atom is -0.508 e. The van der Waals surface area contributed by atoms with Crippen molar-refractivity contribution in [2.45, 2.75) is 38.4 Å². The summed E-state index contributed by atoms with van der Waals surface area (Å²) in [5.41, 5.74) is 8.61. The average molecular weight is 249 g/mol. The molecule has 1 aliphatic rings. The number of benzene rings is 1. The first-order chi connectivity index (χ1) is 8.49. The molecule has 1 fully saturated rings. The first-order valence-corrected chi connectivity index (χ1v) is 6.46. The van der Waals surface area contributed by atoms with Crippen molar-refractivity contribution in [2.24, 2.45) is 0 Å². The molecule has 4 heteroatoms.